The van der Waals surface area contributed by atoms with Crippen molar-refractivity contribution in [2.24, 2.45) is 12.1 Å². The van der Waals surface area contributed by atoms with Crippen molar-refractivity contribution < 1.29 is 18.0 Å². The van der Waals surface area contributed by atoms with Crippen molar-refractivity contribution in [3.8, 4) is 0 Å². The van der Waals surface area contributed by atoms with Crippen molar-refractivity contribution in [2.75, 3.05) is 18.9 Å². The van der Waals surface area contributed by atoms with E-state index in [4.69, 9.17) is 0 Å². The number of carbonyl (C=O) groups excluding carboxylic acids is 2. The fourth-order valence-electron chi connectivity index (χ4n) is 2.71. The molecular weight excluding hydrogens is 426 g/mol. The van der Waals surface area contributed by atoms with Gasteiger partial charge in [-0.2, -0.15) is 4.31 Å². The standard InChI is InChI=1S/C19H21N5O4S2/c1-13(25)20-14-8-10-15(11-9-14)30(27,28)23(2)12-18(26)21-22-19-24(3)16-6-4-5-7-17(16)29-19/h4-11H,12H2,1-3H3,(H,20,25)(H,21,26). The van der Waals surface area contributed by atoms with E-state index in [-0.39, 0.29) is 10.8 Å². The molecule has 0 unspecified atom stereocenters. The van der Waals surface area contributed by atoms with Gasteiger partial charge in [0.15, 0.2) is 0 Å². The average Bonchev–Trinajstić information content (AvgIpc) is 3.02. The summed E-state index contributed by atoms with van der Waals surface area (Å²) in [5.74, 6) is -0.816. The molecule has 3 rings (SSSR count). The van der Waals surface area contributed by atoms with Crippen molar-refractivity contribution in [2.45, 2.75) is 11.8 Å². The number of hydrogen-bond donors (Lipinski definition) is 2. The minimum atomic E-state index is -3.88. The molecule has 1 aromatic heterocycles. The summed E-state index contributed by atoms with van der Waals surface area (Å²) < 4.78 is 29.2. The third kappa shape index (κ3) is 4.75. The zero-order valence-electron chi connectivity index (χ0n) is 16.6. The Morgan fingerprint density at radius 1 is 1.13 bits per heavy atom. The molecule has 2 amide bonds. The minimum absolute atomic E-state index is 0.0137. The highest BCUT2D eigenvalue weighted by atomic mass is 32.2. The van der Waals surface area contributed by atoms with Crippen LogP contribution in [0.25, 0.3) is 10.2 Å². The third-order valence-corrected chi connectivity index (χ3v) is 7.17. The second-order valence-electron chi connectivity index (χ2n) is 6.52. The van der Waals surface area contributed by atoms with Gasteiger partial charge in [0.25, 0.3) is 5.91 Å². The first kappa shape index (κ1) is 21.7. The van der Waals surface area contributed by atoms with Crippen LogP contribution in [0.3, 0.4) is 0 Å². The summed E-state index contributed by atoms with van der Waals surface area (Å²) in [5.41, 5.74) is 3.88. The lowest BCUT2D eigenvalue weighted by Crippen LogP contribution is -2.37. The zero-order chi connectivity index (χ0) is 21.9. The Morgan fingerprint density at radius 3 is 2.43 bits per heavy atom. The first-order valence-electron chi connectivity index (χ1n) is 8.89. The molecule has 11 heteroatoms. The van der Waals surface area contributed by atoms with Crippen LogP contribution in [0, 0.1) is 0 Å². The van der Waals surface area contributed by atoms with Crippen LogP contribution in [0.5, 0.6) is 0 Å². The molecule has 2 aromatic carbocycles. The van der Waals surface area contributed by atoms with Gasteiger partial charge in [0.1, 0.15) is 0 Å². The fourth-order valence-corrected chi connectivity index (χ4v) is 4.82. The van der Waals surface area contributed by atoms with Gasteiger partial charge in [-0.05, 0) is 36.4 Å². The number of para-hydroxylation sites is 1. The van der Waals surface area contributed by atoms with E-state index in [1.165, 1.54) is 49.6 Å². The molecule has 3 aromatic rings. The molecule has 0 aliphatic carbocycles. The van der Waals surface area contributed by atoms with E-state index >= 15 is 0 Å². The smallest absolute Gasteiger partial charge is 0.255 e. The summed E-state index contributed by atoms with van der Waals surface area (Å²) in [6, 6.07) is 13.5. The zero-order valence-corrected chi connectivity index (χ0v) is 18.3. The van der Waals surface area contributed by atoms with Crippen LogP contribution in [0.2, 0.25) is 0 Å². The van der Waals surface area contributed by atoms with Gasteiger partial charge < -0.3 is 9.88 Å². The van der Waals surface area contributed by atoms with Crippen LogP contribution < -0.4 is 15.5 Å². The molecule has 0 saturated carbocycles. The van der Waals surface area contributed by atoms with Gasteiger partial charge in [-0.1, -0.05) is 23.5 Å². The van der Waals surface area contributed by atoms with Gasteiger partial charge in [-0.25, -0.2) is 13.8 Å². The predicted octanol–water partition coefficient (Wildman–Crippen LogP) is 1.45. The van der Waals surface area contributed by atoms with E-state index in [1.54, 1.807) is 0 Å². The summed E-state index contributed by atoms with van der Waals surface area (Å²) >= 11 is 1.41. The molecule has 0 atom stereocenters. The largest absolute Gasteiger partial charge is 0.326 e. The Labute approximate surface area is 177 Å². The maximum Gasteiger partial charge on any atom is 0.255 e. The average molecular weight is 448 g/mol. The first-order valence-corrected chi connectivity index (χ1v) is 11.2. The molecule has 0 saturated heterocycles. The molecule has 0 bridgehead atoms. The molecule has 30 heavy (non-hydrogen) atoms. The number of rotatable bonds is 6. The second kappa shape index (κ2) is 8.78. The minimum Gasteiger partial charge on any atom is -0.326 e. The van der Waals surface area contributed by atoms with Crippen LogP contribution in [0.1, 0.15) is 6.92 Å². The maximum atomic E-state index is 12.7. The van der Waals surface area contributed by atoms with Gasteiger partial charge in [0.2, 0.25) is 20.7 Å². The Bertz CT molecular complexity index is 1260. The number of aromatic nitrogens is 1. The summed E-state index contributed by atoms with van der Waals surface area (Å²) in [7, 11) is -0.721. The number of thiazole rings is 1. The van der Waals surface area contributed by atoms with Crippen LogP contribution in [0.15, 0.2) is 58.5 Å². The number of aryl methyl sites for hydroxylation is 1. The van der Waals surface area contributed by atoms with E-state index in [0.29, 0.717) is 10.5 Å². The molecule has 2 N–H and O–H groups in total. The number of sulfonamides is 1. The lowest BCUT2D eigenvalue weighted by Gasteiger charge is -2.16. The van der Waals surface area contributed by atoms with Crippen molar-refractivity contribution in [3.63, 3.8) is 0 Å². The van der Waals surface area contributed by atoms with Crippen LogP contribution >= 0.6 is 11.3 Å². The Kier molecular flexibility index (Phi) is 6.34. The van der Waals surface area contributed by atoms with Gasteiger partial charge >= 0.3 is 0 Å². The highest BCUT2D eigenvalue weighted by Crippen LogP contribution is 2.17. The molecule has 0 spiro atoms. The van der Waals surface area contributed by atoms with Crippen molar-refractivity contribution in [1.82, 2.24) is 14.3 Å². The fraction of sp³-hybridized carbons (Fsp3) is 0.211. The molecule has 158 valence electrons. The number of nitrogens with zero attached hydrogens (tertiary/aromatic N) is 3. The molecule has 0 fully saturated rings. The molecule has 0 aliphatic heterocycles. The van der Waals surface area contributed by atoms with Gasteiger partial charge in [-0.15, -0.1) is 5.10 Å². The quantitative estimate of drug-likeness (QED) is 0.557. The SMILES string of the molecule is CC(=O)Nc1ccc(S(=O)(=O)N(C)CC(=O)NN=c2sc3ccccc3n2C)cc1. The van der Waals surface area contributed by atoms with Crippen LogP contribution in [0.4, 0.5) is 5.69 Å². The van der Waals surface area contributed by atoms with Crippen molar-refractivity contribution >= 4 is 49.1 Å². The lowest BCUT2D eigenvalue weighted by molar-refractivity contribution is -0.121. The number of likely N-dealkylation sites (N-methyl/N-ethyl adjacent to an activating group) is 1. The first-order chi connectivity index (χ1) is 14.2. The Hall–Kier alpha value is -3.02. The number of anilines is 1. The van der Waals surface area contributed by atoms with Crippen LogP contribution in [-0.2, 0) is 26.7 Å². The summed E-state index contributed by atoms with van der Waals surface area (Å²) in [6.07, 6.45) is 0. The Morgan fingerprint density at radius 2 is 1.80 bits per heavy atom. The Balaban J connectivity index is 1.69. The summed E-state index contributed by atoms with van der Waals surface area (Å²) in [6.45, 7) is 0.967. The topological polar surface area (TPSA) is 113 Å². The molecule has 0 radical (unpaired) electrons. The summed E-state index contributed by atoms with van der Waals surface area (Å²) in [5, 5.41) is 6.68. The van der Waals surface area contributed by atoms with E-state index in [0.717, 1.165) is 14.5 Å². The summed E-state index contributed by atoms with van der Waals surface area (Å²) in [4.78, 5) is 23.9. The third-order valence-electron chi connectivity index (χ3n) is 4.24. The molecule has 0 aliphatic rings. The number of amides is 2. The molecule has 1 heterocycles. The van der Waals surface area contributed by atoms with Crippen LogP contribution in [-0.4, -0.2) is 42.7 Å². The molecule has 9 nitrogen and oxygen atoms in total. The monoisotopic (exact) mass is 447 g/mol. The maximum absolute atomic E-state index is 12.7. The predicted molar refractivity (Wildman–Crippen MR) is 115 cm³/mol. The van der Waals surface area contributed by atoms with Gasteiger partial charge in [0, 0.05) is 26.7 Å². The highest BCUT2D eigenvalue weighted by molar-refractivity contribution is 7.89. The number of carbonyl (C=O) groups is 2. The van der Waals surface area contributed by atoms with Gasteiger partial charge in [-0.3, -0.25) is 9.59 Å². The highest BCUT2D eigenvalue weighted by Gasteiger charge is 2.23. The van der Waals surface area contributed by atoms with E-state index < -0.39 is 22.5 Å². The number of hydrogen-bond acceptors (Lipinski definition) is 6. The van der Waals surface area contributed by atoms with Crippen molar-refractivity contribution in [1.29, 1.82) is 0 Å². The lowest BCUT2D eigenvalue weighted by atomic mass is 10.3. The van der Waals surface area contributed by atoms with Gasteiger partial charge in [0.05, 0.1) is 21.7 Å². The van der Waals surface area contributed by atoms with E-state index in [2.05, 4.69) is 15.8 Å². The number of benzene rings is 2. The molecular formula is C19H21N5O4S2. The number of nitrogens with one attached hydrogen (secondary N) is 2. The second-order valence-corrected chi connectivity index (χ2v) is 9.58. The number of fused-ring (bicyclic) bond motifs is 1. The normalized spacial score (nSPS) is 12.3. The van der Waals surface area contributed by atoms with Crippen molar-refractivity contribution in [3.05, 3.63) is 53.3 Å². The van der Waals surface area contributed by atoms with E-state index in [9.17, 15) is 18.0 Å². The van der Waals surface area contributed by atoms with E-state index in [1.807, 2.05) is 35.9 Å².